The van der Waals surface area contributed by atoms with Crippen LogP contribution in [-0.4, -0.2) is 45.9 Å². The molecule has 9 heteroatoms. The third-order valence-electron chi connectivity index (χ3n) is 4.99. The molecule has 3 heterocycles. The molecule has 5 N–H and O–H groups in total. The van der Waals surface area contributed by atoms with E-state index in [4.69, 9.17) is 5.73 Å². The number of hydrogen-bond donors (Lipinski definition) is 4. The van der Waals surface area contributed by atoms with Crippen LogP contribution in [0.3, 0.4) is 0 Å². The topological polar surface area (TPSA) is 135 Å². The molecule has 1 aliphatic rings. The minimum absolute atomic E-state index is 0.0449. The van der Waals surface area contributed by atoms with Gasteiger partial charge in [0.2, 0.25) is 0 Å². The quantitative estimate of drug-likeness (QED) is 0.472. The number of nitrogens with zero attached hydrogens (tertiary/aromatic N) is 3. The summed E-state index contributed by atoms with van der Waals surface area (Å²) in [6.07, 6.45) is 4.03. The minimum atomic E-state index is -0.357. The Morgan fingerprint density at radius 2 is 2.03 bits per heavy atom. The van der Waals surface area contributed by atoms with Gasteiger partial charge in [0, 0.05) is 29.9 Å². The summed E-state index contributed by atoms with van der Waals surface area (Å²) in [6, 6.07) is 12.6. The van der Waals surface area contributed by atoms with E-state index >= 15 is 0 Å². The highest BCUT2D eigenvalue weighted by atomic mass is 16.2. The van der Waals surface area contributed by atoms with Gasteiger partial charge in [-0.25, -0.2) is 9.97 Å². The van der Waals surface area contributed by atoms with Crippen molar-refractivity contribution in [2.24, 2.45) is 0 Å². The van der Waals surface area contributed by atoms with E-state index in [1.807, 2.05) is 18.2 Å². The highest BCUT2D eigenvalue weighted by Crippen LogP contribution is 2.20. The lowest BCUT2D eigenvalue weighted by molar-refractivity contribution is 0.0932. The molecule has 1 fully saturated rings. The summed E-state index contributed by atoms with van der Waals surface area (Å²) >= 11 is 0. The first-order valence-corrected chi connectivity index (χ1v) is 10.0. The number of carbonyl (C=O) groups is 2. The van der Waals surface area contributed by atoms with E-state index in [0.717, 1.165) is 18.7 Å². The van der Waals surface area contributed by atoms with Crippen molar-refractivity contribution in [1.29, 1.82) is 0 Å². The van der Waals surface area contributed by atoms with Gasteiger partial charge in [0.1, 0.15) is 0 Å². The fourth-order valence-electron chi connectivity index (χ4n) is 3.33. The van der Waals surface area contributed by atoms with Crippen LogP contribution < -0.4 is 21.7 Å². The SMILES string of the molecule is Nc1ncc(-c2cccc(C(=O)NCc3ccccn3)c2)nc1C(=O)NC1CCNC1. The summed E-state index contributed by atoms with van der Waals surface area (Å²) in [4.78, 5) is 37.9. The molecule has 0 bridgehead atoms. The number of benzene rings is 1. The molecular weight excluding hydrogens is 394 g/mol. The van der Waals surface area contributed by atoms with Crippen LogP contribution in [0.5, 0.6) is 0 Å². The molecule has 2 amide bonds. The summed E-state index contributed by atoms with van der Waals surface area (Å²) in [5.41, 5.74) is 8.33. The fraction of sp³-hybridized carbons (Fsp3) is 0.227. The summed E-state index contributed by atoms with van der Waals surface area (Å²) in [5.74, 6) is -0.524. The molecule has 2 aromatic heterocycles. The molecule has 1 aliphatic heterocycles. The lowest BCUT2D eigenvalue weighted by atomic mass is 10.1. The van der Waals surface area contributed by atoms with Gasteiger partial charge < -0.3 is 21.7 Å². The molecule has 0 saturated carbocycles. The van der Waals surface area contributed by atoms with E-state index < -0.39 is 0 Å². The number of pyridine rings is 1. The van der Waals surface area contributed by atoms with Crippen molar-refractivity contribution in [2.75, 3.05) is 18.8 Å². The van der Waals surface area contributed by atoms with Crippen molar-refractivity contribution in [2.45, 2.75) is 19.0 Å². The summed E-state index contributed by atoms with van der Waals surface area (Å²) in [5, 5.41) is 8.96. The predicted octanol–water partition coefficient (Wildman–Crippen LogP) is 1.14. The van der Waals surface area contributed by atoms with Crippen LogP contribution in [0.1, 0.15) is 33.0 Å². The van der Waals surface area contributed by atoms with Crippen molar-refractivity contribution in [3.05, 3.63) is 71.8 Å². The van der Waals surface area contributed by atoms with Crippen molar-refractivity contribution in [3.8, 4) is 11.3 Å². The third kappa shape index (κ3) is 5.01. The maximum Gasteiger partial charge on any atom is 0.274 e. The first-order valence-electron chi connectivity index (χ1n) is 10.0. The zero-order valence-corrected chi connectivity index (χ0v) is 16.8. The van der Waals surface area contributed by atoms with Crippen molar-refractivity contribution >= 4 is 17.6 Å². The Kier molecular flexibility index (Phi) is 6.13. The molecule has 4 rings (SSSR count). The molecule has 1 unspecified atom stereocenters. The zero-order valence-electron chi connectivity index (χ0n) is 16.8. The Labute approximate surface area is 179 Å². The van der Waals surface area contributed by atoms with Crippen LogP contribution in [0.15, 0.2) is 54.9 Å². The van der Waals surface area contributed by atoms with E-state index in [-0.39, 0.29) is 29.4 Å². The maximum atomic E-state index is 12.6. The second-order valence-electron chi connectivity index (χ2n) is 7.24. The van der Waals surface area contributed by atoms with Crippen molar-refractivity contribution < 1.29 is 9.59 Å². The number of nitrogen functional groups attached to an aromatic ring is 1. The number of hydrogen-bond acceptors (Lipinski definition) is 7. The molecule has 0 radical (unpaired) electrons. The number of carbonyl (C=O) groups excluding carboxylic acids is 2. The number of aromatic nitrogens is 3. The molecule has 0 spiro atoms. The van der Waals surface area contributed by atoms with Gasteiger partial charge in [-0.05, 0) is 37.2 Å². The summed E-state index contributed by atoms with van der Waals surface area (Å²) in [6.45, 7) is 1.90. The summed E-state index contributed by atoms with van der Waals surface area (Å²) < 4.78 is 0. The monoisotopic (exact) mass is 417 g/mol. The maximum absolute atomic E-state index is 12.6. The fourth-order valence-corrected chi connectivity index (χ4v) is 3.33. The molecule has 1 atom stereocenters. The van der Waals surface area contributed by atoms with E-state index in [2.05, 4.69) is 30.9 Å². The normalized spacial score (nSPS) is 15.4. The van der Waals surface area contributed by atoms with Gasteiger partial charge in [0.05, 0.1) is 24.1 Å². The van der Waals surface area contributed by atoms with Gasteiger partial charge in [0.15, 0.2) is 11.5 Å². The minimum Gasteiger partial charge on any atom is -0.382 e. The highest BCUT2D eigenvalue weighted by Gasteiger charge is 2.21. The molecule has 0 aliphatic carbocycles. The molecule has 1 saturated heterocycles. The first kappa shape index (κ1) is 20.4. The van der Waals surface area contributed by atoms with Crippen molar-refractivity contribution in [1.82, 2.24) is 30.9 Å². The van der Waals surface area contributed by atoms with Crippen LogP contribution in [-0.2, 0) is 6.54 Å². The lowest BCUT2D eigenvalue weighted by Gasteiger charge is -2.12. The molecule has 9 nitrogen and oxygen atoms in total. The van der Waals surface area contributed by atoms with E-state index in [0.29, 0.717) is 29.9 Å². The Morgan fingerprint density at radius 3 is 2.81 bits per heavy atom. The standard InChI is InChI=1S/C22H23N7O2/c23-20-19(22(31)28-17-7-9-24-11-17)29-18(13-26-20)14-4-3-5-15(10-14)21(30)27-12-16-6-1-2-8-25-16/h1-6,8,10,13,17,24H,7,9,11-12H2,(H2,23,26)(H,27,30)(H,28,31). The Morgan fingerprint density at radius 1 is 1.13 bits per heavy atom. The number of rotatable bonds is 6. The van der Waals surface area contributed by atoms with Gasteiger partial charge in [0.25, 0.3) is 11.8 Å². The van der Waals surface area contributed by atoms with Gasteiger partial charge >= 0.3 is 0 Å². The zero-order chi connectivity index (χ0) is 21.6. The predicted molar refractivity (Wildman–Crippen MR) is 116 cm³/mol. The van der Waals surface area contributed by atoms with E-state index in [9.17, 15) is 9.59 Å². The number of nitrogens with one attached hydrogen (secondary N) is 3. The van der Waals surface area contributed by atoms with E-state index in [1.54, 1.807) is 30.5 Å². The third-order valence-corrected chi connectivity index (χ3v) is 4.99. The second-order valence-corrected chi connectivity index (χ2v) is 7.24. The average Bonchev–Trinajstić information content (AvgIpc) is 3.31. The Balaban J connectivity index is 1.50. The molecule has 158 valence electrons. The highest BCUT2D eigenvalue weighted by molar-refractivity contribution is 5.97. The van der Waals surface area contributed by atoms with Gasteiger partial charge in [-0.15, -0.1) is 0 Å². The molecule has 1 aromatic carbocycles. The lowest BCUT2D eigenvalue weighted by Crippen LogP contribution is -2.37. The van der Waals surface area contributed by atoms with Crippen LogP contribution in [0, 0.1) is 0 Å². The van der Waals surface area contributed by atoms with Gasteiger partial charge in [-0.3, -0.25) is 14.6 Å². The molecular formula is C22H23N7O2. The van der Waals surface area contributed by atoms with Crippen LogP contribution >= 0.6 is 0 Å². The smallest absolute Gasteiger partial charge is 0.274 e. The van der Waals surface area contributed by atoms with E-state index in [1.165, 1.54) is 6.20 Å². The Hall–Kier alpha value is -3.85. The number of nitrogens with two attached hydrogens (primary N) is 1. The summed E-state index contributed by atoms with van der Waals surface area (Å²) in [7, 11) is 0. The molecule has 3 aromatic rings. The number of anilines is 1. The second kappa shape index (κ2) is 9.31. The largest absolute Gasteiger partial charge is 0.382 e. The first-order chi connectivity index (χ1) is 15.1. The van der Waals surface area contributed by atoms with Crippen LogP contribution in [0.25, 0.3) is 11.3 Å². The molecule has 31 heavy (non-hydrogen) atoms. The van der Waals surface area contributed by atoms with Crippen LogP contribution in [0.4, 0.5) is 5.82 Å². The van der Waals surface area contributed by atoms with Gasteiger partial charge in [-0.1, -0.05) is 18.2 Å². The average molecular weight is 417 g/mol. The van der Waals surface area contributed by atoms with Gasteiger partial charge in [-0.2, -0.15) is 0 Å². The van der Waals surface area contributed by atoms with Crippen molar-refractivity contribution in [3.63, 3.8) is 0 Å². The Bertz CT molecular complexity index is 1080. The van der Waals surface area contributed by atoms with Crippen LogP contribution in [0.2, 0.25) is 0 Å². The number of amides is 2.